The average Bonchev–Trinajstić information content (AvgIpc) is 2.66. The molecule has 0 atom stereocenters. The molecule has 0 fully saturated rings. The zero-order valence-electron chi connectivity index (χ0n) is 17.9. The van der Waals surface area contributed by atoms with Gasteiger partial charge in [0.15, 0.2) is 0 Å². The zero-order chi connectivity index (χ0) is 21.2. The molecule has 2 aromatic carbocycles. The number of methoxy groups -OCH3 is 1. The van der Waals surface area contributed by atoms with Crippen molar-refractivity contribution < 1.29 is 14.3 Å². The molecule has 0 spiro atoms. The van der Waals surface area contributed by atoms with Crippen molar-refractivity contribution in [1.29, 1.82) is 0 Å². The lowest BCUT2D eigenvalue weighted by atomic mass is 10.1. The second kappa shape index (κ2) is 8.11. The Morgan fingerprint density at radius 1 is 1.07 bits per heavy atom. The van der Waals surface area contributed by atoms with E-state index in [0.29, 0.717) is 0 Å². The van der Waals surface area contributed by atoms with Crippen LogP contribution in [-0.4, -0.2) is 23.8 Å². The number of rotatable bonds is 4. The molecule has 3 rings (SSSR count). The molecule has 0 aliphatic carbocycles. The molecule has 3 aromatic rings. The van der Waals surface area contributed by atoms with Crippen molar-refractivity contribution in [2.75, 3.05) is 12.0 Å². The Kier molecular flexibility index (Phi) is 5.78. The molecular weight excluding hydrogens is 364 g/mol. The maximum Gasteiger partial charge on any atom is 0.415 e. The molecule has 152 valence electrons. The van der Waals surface area contributed by atoms with Gasteiger partial charge in [0, 0.05) is 22.7 Å². The van der Waals surface area contributed by atoms with Crippen LogP contribution < -0.4 is 9.64 Å². The van der Waals surface area contributed by atoms with Crippen LogP contribution in [0.3, 0.4) is 0 Å². The van der Waals surface area contributed by atoms with Gasteiger partial charge in [-0.25, -0.2) is 4.79 Å². The lowest BCUT2D eigenvalue weighted by Gasteiger charge is -2.28. The number of carbonyl (C=O) groups excluding carboxylic acids is 1. The number of carbonyl (C=O) groups is 1. The molecule has 0 radical (unpaired) electrons. The summed E-state index contributed by atoms with van der Waals surface area (Å²) in [5.41, 5.74) is 2.83. The summed E-state index contributed by atoms with van der Waals surface area (Å²) in [6, 6.07) is 13.9. The Morgan fingerprint density at radius 2 is 1.76 bits per heavy atom. The minimum Gasteiger partial charge on any atom is -0.496 e. The fraction of sp³-hybridized carbons (Fsp3) is 0.333. The van der Waals surface area contributed by atoms with Crippen LogP contribution in [0.4, 0.5) is 10.5 Å². The monoisotopic (exact) mass is 392 g/mol. The Balaban J connectivity index is 2.11. The maximum absolute atomic E-state index is 13.2. The number of anilines is 1. The molecule has 0 saturated heterocycles. The minimum atomic E-state index is -0.604. The maximum atomic E-state index is 13.2. The van der Waals surface area contributed by atoms with E-state index in [-0.39, 0.29) is 6.54 Å². The number of pyridine rings is 1. The van der Waals surface area contributed by atoms with E-state index < -0.39 is 11.7 Å². The zero-order valence-corrected chi connectivity index (χ0v) is 17.9. The number of ether oxygens (including phenoxy) is 2. The Morgan fingerprint density at radius 3 is 2.45 bits per heavy atom. The van der Waals surface area contributed by atoms with Crippen molar-refractivity contribution in [3.05, 3.63) is 65.5 Å². The second-order valence-electron chi connectivity index (χ2n) is 8.11. The second-order valence-corrected chi connectivity index (χ2v) is 8.11. The molecule has 0 aliphatic heterocycles. The number of fused-ring (bicyclic) bond motifs is 1. The van der Waals surface area contributed by atoms with Crippen LogP contribution in [0.2, 0.25) is 0 Å². The van der Waals surface area contributed by atoms with E-state index in [1.807, 2.05) is 77.1 Å². The molecule has 0 aliphatic rings. The first kappa shape index (κ1) is 20.6. The normalized spacial score (nSPS) is 11.4. The number of hydrogen-bond donors (Lipinski definition) is 0. The standard InChI is InChI=1S/C24H28N2O3/c1-16-14-25-20(17(2)22(16)28-6)15-26(23(27)29-24(3,4)5)21-13-9-11-18-10-7-8-12-19(18)21/h7-14H,15H2,1-6H3. The lowest BCUT2D eigenvalue weighted by molar-refractivity contribution is 0.0577. The van der Waals surface area contributed by atoms with E-state index in [1.165, 1.54) is 0 Å². The highest BCUT2D eigenvalue weighted by molar-refractivity contribution is 6.01. The molecule has 1 amide bonds. The van der Waals surface area contributed by atoms with Gasteiger partial charge >= 0.3 is 6.09 Å². The van der Waals surface area contributed by atoms with Crippen molar-refractivity contribution in [3.8, 4) is 5.75 Å². The lowest BCUT2D eigenvalue weighted by Crippen LogP contribution is -2.37. The summed E-state index contributed by atoms with van der Waals surface area (Å²) in [4.78, 5) is 19.4. The number of hydrogen-bond acceptors (Lipinski definition) is 4. The summed E-state index contributed by atoms with van der Waals surface area (Å²) in [7, 11) is 1.65. The molecule has 0 bridgehead atoms. The molecular formula is C24H28N2O3. The fourth-order valence-electron chi connectivity index (χ4n) is 3.39. The summed E-state index contributed by atoms with van der Waals surface area (Å²) < 4.78 is 11.3. The van der Waals surface area contributed by atoms with Crippen molar-refractivity contribution in [1.82, 2.24) is 4.98 Å². The van der Waals surface area contributed by atoms with Gasteiger partial charge in [-0.1, -0.05) is 36.4 Å². The van der Waals surface area contributed by atoms with E-state index in [4.69, 9.17) is 9.47 Å². The summed E-state index contributed by atoms with van der Waals surface area (Å²) in [6.45, 7) is 9.80. The van der Waals surface area contributed by atoms with Gasteiger partial charge < -0.3 is 9.47 Å². The quantitative estimate of drug-likeness (QED) is 0.563. The van der Waals surface area contributed by atoms with Gasteiger partial charge in [0.25, 0.3) is 0 Å². The number of aryl methyl sites for hydroxylation is 1. The molecule has 1 aromatic heterocycles. The summed E-state index contributed by atoms with van der Waals surface area (Å²) in [5, 5.41) is 2.04. The van der Waals surface area contributed by atoms with E-state index >= 15 is 0 Å². The molecule has 0 saturated carbocycles. The fourth-order valence-corrected chi connectivity index (χ4v) is 3.39. The van der Waals surface area contributed by atoms with Crippen molar-refractivity contribution in [2.24, 2.45) is 0 Å². The van der Waals surface area contributed by atoms with E-state index in [0.717, 1.165) is 39.0 Å². The van der Waals surface area contributed by atoms with Gasteiger partial charge in [0.2, 0.25) is 0 Å². The Labute approximate surface area is 172 Å². The SMILES string of the molecule is COc1c(C)cnc(CN(C(=O)OC(C)(C)C)c2cccc3ccccc23)c1C. The molecule has 0 N–H and O–H groups in total. The summed E-state index contributed by atoms with van der Waals surface area (Å²) >= 11 is 0. The predicted octanol–water partition coefficient (Wildman–Crippen LogP) is 5.80. The number of nitrogens with zero attached hydrogens (tertiary/aromatic N) is 2. The van der Waals surface area contributed by atoms with E-state index in [1.54, 1.807) is 18.2 Å². The van der Waals surface area contributed by atoms with Crippen molar-refractivity contribution in [2.45, 2.75) is 46.8 Å². The van der Waals surface area contributed by atoms with Crippen LogP contribution in [0.15, 0.2) is 48.7 Å². The summed E-state index contributed by atoms with van der Waals surface area (Å²) in [5.74, 6) is 0.789. The average molecular weight is 392 g/mol. The van der Waals surface area contributed by atoms with Gasteiger partial charge in [-0.15, -0.1) is 0 Å². The largest absolute Gasteiger partial charge is 0.496 e. The minimum absolute atomic E-state index is 0.283. The number of benzene rings is 2. The molecule has 5 heteroatoms. The number of amides is 1. The highest BCUT2D eigenvalue weighted by atomic mass is 16.6. The first-order valence-corrected chi connectivity index (χ1v) is 9.68. The molecule has 0 unspecified atom stereocenters. The van der Waals surface area contributed by atoms with Crippen LogP contribution in [0.1, 0.15) is 37.6 Å². The molecule has 1 heterocycles. The van der Waals surface area contributed by atoms with E-state index in [2.05, 4.69) is 4.98 Å². The number of aromatic nitrogens is 1. The van der Waals surface area contributed by atoms with Crippen molar-refractivity contribution in [3.63, 3.8) is 0 Å². The van der Waals surface area contributed by atoms with Crippen LogP contribution in [0.25, 0.3) is 10.8 Å². The van der Waals surface area contributed by atoms with Crippen LogP contribution in [0, 0.1) is 13.8 Å². The van der Waals surface area contributed by atoms with Gasteiger partial charge in [-0.3, -0.25) is 9.88 Å². The van der Waals surface area contributed by atoms with E-state index in [9.17, 15) is 4.79 Å². The summed E-state index contributed by atoms with van der Waals surface area (Å²) in [6.07, 6.45) is 1.37. The van der Waals surface area contributed by atoms with Gasteiger partial charge in [0.05, 0.1) is 25.0 Å². The van der Waals surface area contributed by atoms with Gasteiger partial charge in [-0.2, -0.15) is 0 Å². The first-order valence-electron chi connectivity index (χ1n) is 9.68. The highest BCUT2D eigenvalue weighted by Gasteiger charge is 2.26. The third-order valence-electron chi connectivity index (χ3n) is 4.73. The Hall–Kier alpha value is -3.08. The predicted molar refractivity (Wildman–Crippen MR) is 117 cm³/mol. The van der Waals surface area contributed by atoms with Gasteiger partial charge in [0.1, 0.15) is 11.4 Å². The van der Waals surface area contributed by atoms with Crippen molar-refractivity contribution >= 4 is 22.6 Å². The smallest absolute Gasteiger partial charge is 0.415 e. The third kappa shape index (κ3) is 4.50. The van der Waals surface area contributed by atoms with Crippen LogP contribution in [0.5, 0.6) is 5.75 Å². The van der Waals surface area contributed by atoms with Crippen LogP contribution >= 0.6 is 0 Å². The van der Waals surface area contributed by atoms with Crippen LogP contribution in [-0.2, 0) is 11.3 Å². The molecule has 5 nitrogen and oxygen atoms in total. The first-order chi connectivity index (χ1) is 13.7. The topological polar surface area (TPSA) is 51.7 Å². The highest BCUT2D eigenvalue weighted by Crippen LogP contribution is 2.31. The van der Waals surface area contributed by atoms with Gasteiger partial charge in [-0.05, 0) is 46.1 Å². The molecule has 29 heavy (non-hydrogen) atoms. The Bertz CT molecular complexity index is 1030. The third-order valence-corrected chi connectivity index (χ3v) is 4.73.